The first-order valence-electron chi connectivity index (χ1n) is 10.6. The first-order valence-corrected chi connectivity index (χ1v) is 10.6. The van der Waals surface area contributed by atoms with E-state index in [1.165, 1.54) is 0 Å². The molecule has 1 aromatic carbocycles. The predicted molar refractivity (Wildman–Crippen MR) is 114 cm³/mol. The Morgan fingerprint density at radius 1 is 0.897 bits per heavy atom. The number of amides is 2. The standard InChI is InChI=1S/C23H36N2O4/c1-6-7-9-14-19(26)24-20(16(2)3)22(27)25-21(17(4)5)23(28)29-15-18-12-10-8-11-13-18/h8,10-13,16-17,20-21H,6-7,9,14-15H2,1-5H3,(H,24,26)(H,25,27)/t20-,21-/m0/s1. The van der Waals surface area contributed by atoms with Crippen LogP contribution in [0, 0.1) is 11.8 Å². The molecule has 0 bridgehead atoms. The molecule has 0 aliphatic carbocycles. The van der Waals surface area contributed by atoms with E-state index in [0.717, 1.165) is 24.8 Å². The molecule has 0 saturated carbocycles. The number of hydrogen-bond donors (Lipinski definition) is 2. The summed E-state index contributed by atoms with van der Waals surface area (Å²) < 4.78 is 5.40. The zero-order valence-corrected chi connectivity index (χ0v) is 18.4. The largest absolute Gasteiger partial charge is 0.459 e. The maximum absolute atomic E-state index is 12.8. The quantitative estimate of drug-likeness (QED) is 0.412. The SMILES string of the molecule is CCCCCC(=O)N[C@H](C(=O)N[C@H](C(=O)OCc1ccccc1)C(C)C)C(C)C. The van der Waals surface area contributed by atoms with Crippen LogP contribution in [0.15, 0.2) is 30.3 Å². The average molecular weight is 405 g/mol. The summed E-state index contributed by atoms with van der Waals surface area (Å²) >= 11 is 0. The number of nitrogens with one attached hydrogen (secondary N) is 2. The van der Waals surface area contributed by atoms with Crippen LogP contribution in [-0.2, 0) is 25.7 Å². The first kappa shape index (κ1) is 24.7. The van der Waals surface area contributed by atoms with E-state index >= 15 is 0 Å². The van der Waals surface area contributed by atoms with Gasteiger partial charge in [0.2, 0.25) is 11.8 Å². The number of rotatable bonds is 12. The van der Waals surface area contributed by atoms with Gasteiger partial charge in [0.1, 0.15) is 18.7 Å². The Bertz CT molecular complexity index is 644. The lowest BCUT2D eigenvalue weighted by Gasteiger charge is -2.26. The second-order valence-electron chi connectivity index (χ2n) is 8.07. The molecule has 162 valence electrons. The Morgan fingerprint density at radius 3 is 2.07 bits per heavy atom. The minimum atomic E-state index is -0.774. The summed E-state index contributed by atoms with van der Waals surface area (Å²) in [5.74, 6) is -1.22. The van der Waals surface area contributed by atoms with E-state index in [0.29, 0.717) is 6.42 Å². The maximum atomic E-state index is 12.8. The Balaban J connectivity index is 2.69. The molecule has 0 spiro atoms. The summed E-state index contributed by atoms with van der Waals surface area (Å²) in [4.78, 5) is 37.5. The fourth-order valence-electron chi connectivity index (χ4n) is 2.88. The Morgan fingerprint density at radius 2 is 1.52 bits per heavy atom. The van der Waals surface area contributed by atoms with Crippen LogP contribution in [-0.4, -0.2) is 29.9 Å². The van der Waals surface area contributed by atoms with Crippen molar-refractivity contribution in [3.63, 3.8) is 0 Å². The lowest BCUT2D eigenvalue weighted by atomic mass is 10.00. The number of esters is 1. The van der Waals surface area contributed by atoms with Crippen LogP contribution in [0.2, 0.25) is 0 Å². The van der Waals surface area contributed by atoms with E-state index in [1.54, 1.807) is 0 Å². The molecule has 0 aliphatic rings. The molecule has 0 saturated heterocycles. The molecule has 2 amide bonds. The second-order valence-corrected chi connectivity index (χ2v) is 8.07. The summed E-state index contributed by atoms with van der Waals surface area (Å²) in [6.45, 7) is 9.67. The molecule has 0 aliphatic heterocycles. The number of hydrogen-bond acceptors (Lipinski definition) is 4. The van der Waals surface area contributed by atoms with E-state index in [1.807, 2.05) is 58.0 Å². The fraction of sp³-hybridized carbons (Fsp3) is 0.609. The molecular formula is C23H36N2O4. The molecule has 29 heavy (non-hydrogen) atoms. The van der Waals surface area contributed by atoms with Gasteiger partial charge < -0.3 is 15.4 Å². The van der Waals surface area contributed by atoms with E-state index in [4.69, 9.17) is 4.74 Å². The first-order chi connectivity index (χ1) is 13.8. The topological polar surface area (TPSA) is 84.5 Å². The minimum absolute atomic E-state index is 0.0988. The van der Waals surface area contributed by atoms with Gasteiger partial charge in [0, 0.05) is 6.42 Å². The van der Waals surface area contributed by atoms with Gasteiger partial charge in [-0.1, -0.05) is 77.8 Å². The van der Waals surface area contributed by atoms with Crippen LogP contribution in [0.3, 0.4) is 0 Å². The van der Waals surface area contributed by atoms with E-state index in [-0.39, 0.29) is 30.3 Å². The zero-order chi connectivity index (χ0) is 21.8. The molecule has 1 rings (SSSR count). The third-order valence-corrected chi connectivity index (χ3v) is 4.72. The van der Waals surface area contributed by atoms with E-state index in [9.17, 15) is 14.4 Å². The highest BCUT2D eigenvalue weighted by molar-refractivity contribution is 5.91. The van der Waals surface area contributed by atoms with Crippen molar-refractivity contribution in [2.45, 2.75) is 79.0 Å². The van der Waals surface area contributed by atoms with Crippen molar-refractivity contribution in [1.29, 1.82) is 0 Å². The van der Waals surface area contributed by atoms with E-state index < -0.39 is 18.1 Å². The number of ether oxygens (including phenoxy) is 1. The Hall–Kier alpha value is -2.37. The lowest BCUT2D eigenvalue weighted by Crippen LogP contribution is -2.55. The third-order valence-electron chi connectivity index (χ3n) is 4.72. The van der Waals surface area contributed by atoms with Crippen LogP contribution in [0.1, 0.15) is 65.9 Å². The van der Waals surface area contributed by atoms with Gasteiger partial charge in [-0.15, -0.1) is 0 Å². The molecule has 0 fully saturated rings. The van der Waals surface area contributed by atoms with Crippen molar-refractivity contribution in [3.05, 3.63) is 35.9 Å². The molecule has 6 heteroatoms. The molecule has 6 nitrogen and oxygen atoms in total. The van der Waals surface area contributed by atoms with Crippen LogP contribution >= 0.6 is 0 Å². The highest BCUT2D eigenvalue weighted by Crippen LogP contribution is 2.10. The van der Waals surface area contributed by atoms with Gasteiger partial charge in [-0.05, 0) is 23.8 Å². The van der Waals surface area contributed by atoms with Gasteiger partial charge in [-0.2, -0.15) is 0 Å². The molecule has 2 N–H and O–H groups in total. The van der Waals surface area contributed by atoms with Crippen molar-refractivity contribution >= 4 is 17.8 Å². The van der Waals surface area contributed by atoms with E-state index in [2.05, 4.69) is 17.6 Å². The van der Waals surface area contributed by atoms with Gasteiger partial charge in [-0.3, -0.25) is 9.59 Å². The van der Waals surface area contributed by atoms with Crippen LogP contribution in [0.5, 0.6) is 0 Å². The van der Waals surface area contributed by atoms with Gasteiger partial charge in [0.15, 0.2) is 0 Å². The van der Waals surface area contributed by atoms with Gasteiger partial charge in [-0.25, -0.2) is 4.79 Å². The summed E-state index contributed by atoms with van der Waals surface area (Å²) in [7, 11) is 0. The van der Waals surface area contributed by atoms with Crippen LogP contribution in [0.4, 0.5) is 0 Å². The summed E-state index contributed by atoms with van der Waals surface area (Å²) in [5, 5.41) is 5.59. The maximum Gasteiger partial charge on any atom is 0.329 e. The highest BCUT2D eigenvalue weighted by Gasteiger charge is 2.31. The van der Waals surface area contributed by atoms with Gasteiger partial charge in [0.05, 0.1) is 0 Å². The van der Waals surface area contributed by atoms with Crippen molar-refractivity contribution in [2.24, 2.45) is 11.8 Å². The zero-order valence-electron chi connectivity index (χ0n) is 18.4. The smallest absolute Gasteiger partial charge is 0.329 e. The number of carbonyl (C=O) groups excluding carboxylic acids is 3. The van der Waals surface area contributed by atoms with Gasteiger partial charge >= 0.3 is 5.97 Å². The summed E-state index contributed by atoms with van der Waals surface area (Å²) in [5.41, 5.74) is 0.883. The number of benzene rings is 1. The molecular weight excluding hydrogens is 368 g/mol. The number of unbranched alkanes of at least 4 members (excludes halogenated alkanes) is 2. The van der Waals surface area contributed by atoms with Crippen LogP contribution in [0.25, 0.3) is 0 Å². The Labute approximate surface area is 174 Å². The predicted octanol–water partition coefficient (Wildman–Crippen LogP) is 3.59. The van der Waals surface area contributed by atoms with Crippen LogP contribution < -0.4 is 10.6 Å². The molecule has 0 aromatic heterocycles. The van der Waals surface area contributed by atoms with Crippen molar-refractivity contribution in [3.8, 4) is 0 Å². The van der Waals surface area contributed by atoms with Crippen molar-refractivity contribution in [1.82, 2.24) is 10.6 Å². The molecule has 0 radical (unpaired) electrons. The number of carbonyl (C=O) groups is 3. The van der Waals surface area contributed by atoms with Gasteiger partial charge in [0.25, 0.3) is 0 Å². The lowest BCUT2D eigenvalue weighted by molar-refractivity contribution is -0.150. The monoisotopic (exact) mass is 404 g/mol. The summed E-state index contributed by atoms with van der Waals surface area (Å²) in [6, 6.07) is 7.93. The summed E-state index contributed by atoms with van der Waals surface area (Å²) in [6.07, 6.45) is 3.21. The minimum Gasteiger partial charge on any atom is -0.459 e. The average Bonchev–Trinajstić information content (AvgIpc) is 2.68. The Kier molecular flexibility index (Phi) is 11.0. The third kappa shape index (κ3) is 9.11. The molecule has 0 heterocycles. The van der Waals surface area contributed by atoms with Crippen molar-refractivity contribution in [2.75, 3.05) is 0 Å². The molecule has 0 unspecified atom stereocenters. The molecule has 2 atom stereocenters. The van der Waals surface area contributed by atoms with Crippen molar-refractivity contribution < 1.29 is 19.1 Å². The fourth-order valence-corrected chi connectivity index (χ4v) is 2.88. The normalized spacial score (nSPS) is 13.1. The molecule has 1 aromatic rings. The highest BCUT2D eigenvalue weighted by atomic mass is 16.5. The second kappa shape index (κ2) is 13.0.